The van der Waals surface area contributed by atoms with Gasteiger partial charge >= 0.3 is 0 Å². The van der Waals surface area contributed by atoms with Gasteiger partial charge < -0.3 is 20.3 Å². The Hall–Kier alpha value is -4.27. The van der Waals surface area contributed by atoms with Crippen molar-refractivity contribution in [2.24, 2.45) is 4.99 Å². The minimum atomic E-state index is -0.424. The molecule has 1 amide bonds. The molecule has 0 atom stereocenters. The summed E-state index contributed by atoms with van der Waals surface area (Å²) in [6, 6.07) is 17.8. The van der Waals surface area contributed by atoms with Crippen LogP contribution in [-0.4, -0.2) is 54.8 Å². The van der Waals surface area contributed by atoms with Crippen molar-refractivity contribution in [2.75, 3.05) is 38.6 Å². The number of amides is 1. The largest absolute Gasteiger partial charge is 0.496 e. The molecule has 2 aliphatic heterocycles. The van der Waals surface area contributed by atoms with Gasteiger partial charge in [-0.25, -0.2) is 9.37 Å². The predicted octanol–water partition coefficient (Wildman–Crippen LogP) is 6.00. The highest BCUT2D eigenvalue weighted by molar-refractivity contribution is 6.31. The summed E-state index contributed by atoms with van der Waals surface area (Å²) < 4.78 is 20.7. The van der Waals surface area contributed by atoms with Gasteiger partial charge in [-0.2, -0.15) is 0 Å². The number of benzene rings is 3. The Morgan fingerprint density at radius 2 is 1.85 bits per heavy atom. The van der Waals surface area contributed by atoms with E-state index >= 15 is 4.39 Å². The molecule has 1 saturated heterocycles. The van der Waals surface area contributed by atoms with Crippen LogP contribution in [0.4, 0.5) is 15.9 Å². The summed E-state index contributed by atoms with van der Waals surface area (Å²) in [6.45, 7) is 5.27. The molecule has 0 spiro atoms. The third-order valence-corrected chi connectivity index (χ3v) is 7.76. The van der Waals surface area contributed by atoms with Crippen LogP contribution in [0.15, 0.2) is 71.9 Å². The number of piperazine rings is 1. The van der Waals surface area contributed by atoms with E-state index in [2.05, 4.69) is 10.6 Å². The van der Waals surface area contributed by atoms with Gasteiger partial charge in [-0.3, -0.25) is 9.79 Å². The highest BCUT2D eigenvalue weighted by Gasteiger charge is 2.26. The van der Waals surface area contributed by atoms with E-state index in [1.54, 1.807) is 18.3 Å². The Morgan fingerprint density at radius 1 is 1.05 bits per heavy atom. The fraction of sp³-hybridized carbons (Fsp3) is 0.219. The van der Waals surface area contributed by atoms with Crippen LogP contribution in [0.5, 0.6) is 5.75 Å². The van der Waals surface area contributed by atoms with Crippen molar-refractivity contribution in [3.8, 4) is 16.9 Å². The molecule has 4 aromatic rings. The van der Waals surface area contributed by atoms with E-state index in [0.717, 1.165) is 41.0 Å². The molecule has 0 aliphatic carbocycles. The number of ether oxygens (including phenoxy) is 1. The second-order valence-electron chi connectivity index (χ2n) is 10.1. The van der Waals surface area contributed by atoms with Gasteiger partial charge in [0.05, 0.1) is 24.9 Å². The van der Waals surface area contributed by atoms with Crippen molar-refractivity contribution >= 4 is 34.7 Å². The minimum Gasteiger partial charge on any atom is -0.496 e. The molecule has 3 heterocycles. The van der Waals surface area contributed by atoms with Crippen LogP contribution in [0.3, 0.4) is 0 Å². The molecule has 2 aliphatic rings. The quantitative estimate of drug-likeness (QED) is 0.308. The van der Waals surface area contributed by atoms with Crippen LogP contribution in [0.1, 0.15) is 32.6 Å². The number of carbonyl (C=O) groups excluding carboxylic acids is 1. The van der Waals surface area contributed by atoms with Crippen LogP contribution < -0.4 is 15.4 Å². The van der Waals surface area contributed by atoms with Gasteiger partial charge in [0, 0.05) is 59.8 Å². The number of methoxy groups -OCH3 is 1. The maximum atomic E-state index is 15.2. The second kappa shape index (κ2) is 11.3. The number of rotatable bonds is 5. The summed E-state index contributed by atoms with van der Waals surface area (Å²) in [4.78, 5) is 24.5. The molecular formula is C32H29ClFN5O2. The molecule has 9 heteroatoms. The summed E-state index contributed by atoms with van der Waals surface area (Å²) >= 11 is 6.46. The molecule has 0 radical (unpaired) electrons. The summed E-state index contributed by atoms with van der Waals surface area (Å²) in [5, 5.41) is 7.21. The van der Waals surface area contributed by atoms with Crippen LogP contribution in [0.2, 0.25) is 5.02 Å². The Labute approximate surface area is 243 Å². The zero-order chi connectivity index (χ0) is 28.5. The lowest BCUT2D eigenvalue weighted by Crippen LogP contribution is -2.46. The van der Waals surface area contributed by atoms with Gasteiger partial charge in [0.1, 0.15) is 17.4 Å². The van der Waals surface area contributed by atoms with Crippen LogP contribution >= 0.6 is 11.6 Å². The maximum absolute atomic E-state index is 15.2. The molecule has 6 rings (SSSR count). The standard InChI is InChI=1S/C32H29ClFN5O2/c1-19-28-21(18-37-31(19)38-23-6-3-5-20(15-23)32(40)39-13-11-35-12-14-39)17-36-30(25-16-22(33)9-10-24(25)28)29-26(34)7-4-8-27(29)41-2/h3-10,15-16,18,35H,11-14,17H2,1-2H3,(H,37,38). The Morgan fingerprint density at radius 3 is 2.66 bits per heavy atom. The molecular weight excluding hydrogens is 541 g/mol. The van der Waals surface area contributed by atoms with Gasteiger partial charge in [0.2, 0.25) is 0 Å². The summed E-state index contributed by atoms with van der Waals surface area (Å²) in [7, 11) is 1.52. The van der Waals surface area contributed by atoms with E-state index in [1.807, 2.05) is 54.3 Å². The first-order chi connectivity index (χ1) is 19.9. The third-order valence-electron chi connectivity index (χ3n) is 7.52. The topological polar surface area (TPSA) is 78.9 Å². The fourth-order valence-corrected chi connectivity index (χ4v) is 5.67. The number of nitrogens with zero attached hydrogens (tertiary/aromatic N) is 3. The third kappa shape index (κ3) is 5.16. The smallest absolute Gasteiger partial charge is 0.254 e. The molecule has 41 heavy (non-hydrogen) atoms. The van der Waals surface area contributed by atoms with Crippen molar-refractivity contribution in [2.45, 2.75) is 13.5 Å². The highest BCUT2D eigenvalue weighted by Crippen LogP contribution is 2.40. The van der Waals surface area contributed by atoms with E-state index in [-0.39, 0.29) is 5.91 Å². The number of fused-ring (bicyclic) bond motifs is 3. The lowest BCUT2D eigenvalue weighted by molar-refractivity contribution is 0.0736. The summed E-state index contributed by atoms with van der Waals surface area (Å²) in [6.07, 6.45) is 1.80. The molecule has 3 aromatic carbocycles. The Bertz CT molecular complexity index is 1680. The van der Waals surface area contributed by atoms with Gasteiger partial charge in [-0.05, 0) is 66.1 Å². The van der Waals surface area contributed by atoms with Gasteiger partial charge in [0.15, 0.2) is 0 Å². The predicted molar refractivity (Wildman–Crippen MR) is 160 cm³/mol. The second-order valence-corrected chi connectivity index (χ2v) is 10.5. The monoisotopic (exact) mass is 569 g/mol. The molecule has 1 fully saturated rings. The number of nitrogens with one attached hydrogen (secondary N) is 2. The van der Waals surface area contributed by atoms with Crippen molar-refractivity contribution in [3.63, 3.8) is 0 Å². The summed E-state index contributed by atoms with van der Waals surface area (Å²) in [5.74, 6) is 0.643. The zero-order valence-electron chi connectivity index (χ0n) is 22.8. The van der Waals surface area contributed by atoms with Crippen LogP contribution in [-0.2, 0) is 6.54 Å². The highest BCUT2D eigenvalue weighted by atomic mass is 35.5. The van der Waals surface area contributed by atoms with E-state index < -0.39 is 5.82 Å². The number of aliphatic imine (C=N–C) groups is 1. The Kier molecular flexibility index (Phi) is 7.43. The number of aromatic nitrogens is 1. The molecule has 0 unspecified atom stereocenters. The number of hydrogen-bond acceptors (Lipinski definition) is 6. The van der Waals surface area contributed by atoms with Crippen LogP contribution in [0.25, 0.3) is 11.1 Å². The number of carbonyl (C=O) groups is 1. The number of halogens is 2. The molecule has 0 bridgehead atoms. The lowest BCUT2D eigenvalue weighted by atomic mass is 9.90. The maximum Gasteiger partial charge on any atom is 0.254 e. The van der Waals surface area contributed by atoms with E-state index in [0.29, 0.717) is 58.6 Å². The molecule has 7 nitrogen and oxygen atoms in total. The molecule has 0 saturated carbocycles. The SMILES string of the molecule is COc1cccc(F)c1C1=NCc2cnc(Nc3cccc(C(=O)N4CCNCC4)c3)c(C)c2-c2ccc(Cl)cc21. The average molecular weight is 570 g/mol. The Balaban J connectivity index is 1.39. The van der Waals surface area contributed by atoms with E-state index in [4.69, 9.17) is 26.3 Å². The van der Waals surface area contributed by atoms with Gasteiger partial charge in [-0.15, -0.1) is 0 Å². The zero-order valence-corrected chi connectivity index (χ0v) is 23.6. The van der Waals surface area contributed by atoms with E-state index in [1.165, 1.54) is 13.2 Å². The normalized spacial score (nSPS) is 14.4. The van der Waals surface area contributed by atoms with Gasteiger partial charge in [-0.1, -0.05) is 29.8 Å². The molecule has 208 valence electrons. The van der Waals surface area contributed by atoms with Crippen molar-refractivity contribution in [1.82, 2.24) is 15.2 Å². The number of hydrogen-bond donors (Lipinski definition) is 2. The lowest BCUT2D eigenvalue weighted by Gasteiger charge is -2.27. The molecule has 1 aromatic heterocycles. The first-order valence-electron chi connectivity index (χ1n) is 13.5. The number of pyridine rings is 1. The first-order valence-corrected chi connectivity index (χ1v) is 13.9. The molecule has 2 N–H and O–H groups in total. The van der Waals surface area contributed by atoms with Crippen molar-refractivity contribution in [1.29, 1.82) is 0 Å². The van der Waals surface area contributed by atoms with Crippen molar-refractivity contribution < 1.29 is 13.9 Å². The average Bonchev–Trinajstić information content (AvgIpc) is 3.15. The first kappa shape index (κ1) is 26.9. The summed E-state index contributed by atoms with van der Waals surface area (Å²) in [5.41, 5.74) is 6.51. The van der Waals surface area contributed by atoms with Crippen LogP contribution in [0, 0.1) is 12.7 Å². The van der Waals surface area contributed by atoms with Crippen molar-refractivity contribution in [3.05, 3.63) is 106 Å². The minimum absolute atomic E-state index is 0.0146. The fourth-order valence-electron chi connectivity index (χ4n) is 5.50. The van der Waals surface area contributed by atoms with Gasteiger partial charge in [0.25, 0.3) is 5.91 Å². The number of anilines is 2. The van der Waals surface area contributed by atoms with E-state index in [9.17, 15) is 4.79 Å².